The summed E-state index contributed by atoms with van der Waals surface area (Å²) in [5.41, 5.74) is 2.67. The van der Waals surface area contributed by atoms with E-state index in [1.807, 2.05) is 43.5 Å². The number of carbonyl (C=O) groups excluding carboxylic acids is 1. The number of fused-ring (bicyclic) bond motifs is 3. The third-order valence-electron chi connectivity index (χ3n) is 7.40. The van der Waals surface area contributed by atoms with Crippen molar-refractivity contribution in [2.45, 2.75) is 50.3 Å². The van der Waals surface area contributed by atoms with Gasteiger partial charge in [0.05, 0.1) is 15.9 Å². The minimum atomic E-state index is -3.74. The number of thiazole rings is 1. The minimum absolute atomic E-state index is 0.00585. The first-order valence-corrected chi connectivity index (χ1v) is 15.0. The van der Waals surface area contributed by atoms with Gasteiger partial charge in [0.25, 0.3) is 5.91 Å². The molecule has 6 rings (SSSR count). The maximum Gasteiger partial charge on any atom is 0.354 e. The molecule has 1 fully saturated rings. The molecule has 1 aliphatic rings. The Balaban J connectivity index is 1.09. The van der Waals surface area contributed by atoms with Gasteiger partial charge in [-0.2, -0.15) is 4.90 Å². The lowest BCUT2D eigenvalue weighted by atomic mass is 9.93. The van der Waals surface area contributed by atoms with Crippen molar-refractivity contribution in [3.05, 3.63) is 60.5 Å². The number of ether oxygens (including phenoxy) is 2. The predicted molar refractivity (Wildman–Crippen MR) is 165 cm³/mol. The summed E-state index contributed by atoms with van der Waals surface area (Å²) in [4.78, 5) is 17.9. The van der Waals surface area contributed by atoms with Gasteiger partial charge >= 0.3 is 17.9 Å². The molecule has 0 radical (unpaired) electrons. The van der Waals surface area contributed by atoms with E-state index in [-0.39, 0.29) is 10.3 Å². The zero-order valence-electron chi connectivity index (χ0n) is 25.1. The van der Waals surface area contributed by atoms with Crippen molar-refractivity contribution >= 4 is 44.1 Å². The Labute approximate surface area is 269 Å². The summed E-state index contributed by atoms with van der Waals surface area (Å²) in [5, 5.41) is 78.6. The molecule has 0 aliphatic carbocycles. The number of imidazole rings is 1. The van der Waals surface area contributed by atoms with Gasteiger partial charge in [0.2, 0.25) is 6.29 Å². The van der Waals surface area contributed by atoms with Crippen LogP contribution in [-0.2, 0) is 10.2 Å². The van der Waals surface area contributed by atoms with Crippen LogP contribution in [0.1, 0.15) is 26.5 Å². The van der Waals surface area contributed by atoms with Gasteiger partial charge in [0.1, 0.15) is 18.1 Å². The molecule has 4 heterocycles. The van der Waals surface area contributed by atoms with E-state index >= 15 is 0 Å². The fourth-order valence-corrected chi connectivity index (χ4v) is 5.86. The van der Waals surface area contributed by atoms with Gasteiger partial charge in [-0.25, -0.2) is 9.78 Å². The molecule has 2 aromatic carbocycles. The first-order valence-electron chi connectivity index (χ1n) is 14.1. The van der Waals surface area contributed by atoms with E-state index < -0.39 is 43.3 Å². The molecule has 250 valence electrons. The van der Waals surface area contributed by atoms with Gasteiger partial charge in [0, 0.05) is 35.5 Å². The minimum Gasteiger partial charge on any atom is -0.492 e. The number of urea groups is 1. The molecule has 1 saturated heterocycles. The van der Waals surface area contributed by atoms with Crippen LogP contribution in [0.2, 0.25) is 0 Å². The molecule has 5 aromatic rings. The zero-order valence-corrected chi connectivity index (χ0v) is 26.0. The number of carbonyl (C=O) groups is 1. The second-order valence-electron chi connectivity index (χ2n) is 11.9. The largest absolute Gasteiger partial charge is 0.492 e. The lowest BCUT2D eigenvalue weighted by Gasteiger charge is -2.52. The number of aliphatic hydroxyl groups excluding tert-OH is 1. The molecule has 18 heteroatoms. The van der Waals surface area contributed by atoms with Crippen molar-refractivity contribution in [3.63, 3.8) is 0 Å². The molecule has 17 nitrogen and oxygen atoms in total. The van der Waals surface area contributed by atoms with E-state index in [0.717, 1.165) is 15.8 Å². The fraction of sp³-hybridized carbons (Fsp3) is 0.345. The summed E-state index contributed by atoms with van der Waals surface area (Å²) in [6, 6.07) is 13.5. The summed E-state index contributed by atoms with van der Waals surface area (Å²) in [5.74, 6) is -9.54. The number of rotatable bonds is 7. The lowest BCUT2D eigenvalue weighted by Crippen LogP contribution is -2.80. The highest BCUT2D eigenvalue weighted by Crippen LogP contribution is 2.37. The smallest absolute Gasteiger partial charge is 0.354 e. The molecule has 0 spiro atoms. The molecule has 9 N–H and O–H groups in total. The maximum absolute atomic E-state index is 12.4. The first-order chi connectivity index (χ1) is 22.0. The number of anilines is 2. The summed E-state index contributed by atoms with van der Waals surface area (Å²) >= 11 is 1.37. The standard InChI is InChI=1S/C29H32N6O11S/c1-26(2,3)21-13-22(33-46-21)32-24(37)30-16-6-4-15(5-7-16)18-14-34-19-9-8-17(12-20(19)47-25(34)31-18)44-11-10-35-27(38,39)23(36)45-29(42,43)28(35,40)41/h4-9,12-14,23,36,38-43H,10-11H2,1-3H3,(H2,30,32,33,37). The fourth-order valence-electron chi connectivity index (χ4n) is 4.83. The Kier molecular flexibility index (Phi) is 8.00. The monoisotopic (exact) mass is 672 g/mol. The average Bonchev–Trinajstić information content (AvgIpc) is 3.69. The number of aliphatic hydroxyl groups is 7. The van der Waals surface area contributed by atoms with Crippen LogP contribution >= 0.6 is 11.3 Å². The summed E-state index contributed by atoms with van der Waals surface area (Å²) in [7, 11) is 0. The summed E-state index contributed by atoms with van der Waals surface area (Å²) < 4.78 is 17.7. The number of amides is 2. The van der Waals surface area contributed by atoms with Crippen molar-refractivity contribution in [1.82, 2.24) is 19.4 Å². The maximum atomic E-state index is 12.4. The third kappa shape index (κ3) is 6.14. The number of hydrogen-bond acceptors (Lipinski definition) is 15. The molecule has 1 aliphatic heterocycles. The summed E-state index contributed by atoms with van der Waals surface area (Å²) in [6.07, 6.45) is -0.742. The Morgan fingerprint density at radius 3 is 2.45 bits per heavy atom. The lowest BCUT2D eigenvalue weighted by molar-refractivity contribution is -0.600. The zero-order chi connectivity index (χ0) is 33.9. The Morgan fingerprint density at radius 1 is 1.04 bits per heavy atom. The highest BCUT2D eigenvalue weighted by molar-refractivity contribution is 7.23. The quantitative estimate of drug-likeness (QED) is 0.110. The first kappa shape index (κ1) is 32.7. The number of aromatic nitrogens is 3. The summed E-state index contributed by atoms with van der Waals surface area (Å²) in [6.45, 7) is 4.86. The van der Waals surface area contributed by atoms with Gasteiger partial charge in [-0.1, -0.05) is 49.4 Å². The Morgan fingerprint density at radius 2 is 1.77 bits per heavy atom. The average molecular weight is 673 g/mol. The molecular weight excluding hydrogens is 640 g/mol. The molecule has 0 saturated carbocycles. The predicted octanol–water partition coefficient (Wildman–Crippen LogP) is 1.09. The number of hydrogen-bond donors (Lipinski definition) is 9. The van der Waals surface area contributed by atoms with Crippen molar-refractivity contribution in [2.24, 2.45) is 0 Å². The van der Waals surface area contributed by atoms with Crippen LogP contribution in [0.3, 0.4) is 0 Å². The van der Waals surface area contributed by atoms with Crippen LogP contribution in [0.4, 0.5) is 16.3 Å². The van der Waals surface area contributed by atoms with E-state index in [1.165, 1.54) is 11.3 Å². The van der Waals surface area contributed by atoms with Crippen molar-refractivity contribution in [2.75, 3.05) is 23.8 Å². The van der Waals surface area contributed by atoms with Crippen LogP contribution in [0.5, 0.6) is 5.75 Å². The Bertz CT molecular complexity index is 1930. The van der Waals surface area contributed by atoms with E-state index in [2.05, 4.69) is 20.5 Å². The van der Waals surface area contributed by atoms with Crippen LogP contribution in [0, 0.1) is 0 Å². The topological polar surface area (TPSA) is 248 Å². The van der Waals surface area contributed by atoms with Gasteiger partial charge in [-0.15, -0.1) is 0 Å². The molecule has 0 bridgehead atoms. The number of nitrogens with zero attached hydrogens (tertiary/aromatic N) is 4. The van der Waals surface area contributed by atoms with Crippen molar-refractivity contribution in [1.29, 1.82) is 0 Å². The van der Waals surface area contributed by atoms with Gasteiger partial charge in [0.15, 0.2) is 10.8 Å². The second-order valence-corrected chi connectivity index (χ2v) is 12.9. The third-order valence-corrected chi connectivity index (χ3v) is 8.41. The van der Waals surface area contributed by atoms with Crippen LogP contribution in [-0.4, -0.2) is 98.5 Å². The van der Waals surface area contributed by atoms with Crippen LogP contribution in [0.15, 0.2) is 59.3 Å². The number of benzene rings is 2. The van der Waals surface area contributed by atoms with Crippen molar-refractivity contribution < 1.29 is 54.5 Å². The van der Waals surface area contributed by atoms with E-state index in [9.17, 15) is 40.5 Å². The highest BCUT2D eigenvalue weighted by Gasteiger charge is 2.68. The molecule has 1 unspecified atom stereocenters. The van der Waals surface area contributed by atoms with Crippen molar-refractivity contribution in [3.8, 4) is 17.0 Å². The molecule has 3 aromatic heterocycles. The molecular formula is C29H32N6O11S. The van der Waals surface area contributed by atoms with E-state index in [4.69, 9.17) is 14.2 Å². The van der Waals surface area contributed by atoms with Gasteiger partial charge in [-0.05, 0) is 30.3 Å². The van der Waals surface area contributed by atoms with Gasteiger partial charge in [-0.3, -0.25) is 14.5 Å². The second kappa shape index (κ2) is 11.5. The normalized spacial score (nSPS) is 19.2. The molecule has 2 amide bonds. The molecule has 1 atom stereocenters. The van der Waals surface area contributed by atoms with Crippen LogP contribution in [0.25, 0.3) is 26.4 Å². The number of morpholine rings is 1. The Hall–Kier alpha value is -4.21. The highest BCUT2D eigenvalue weighted by atomic mass is 32.1. The van der Waals surface area contributed by atoms with Crippen LogP contribution < -0.4 is 15.4 Å². The van der Waals surface area contributed by atoms with E-state index in [1.54, 1.807) is 36.4 Å². The SMILES string of the molecule is CC(C)(C)c1cc(NC(=O)Nc2ccc(-c3cn4c(n3)sc3cc(OCCN5C(O)(O)C(O)OC(O)(O)C5(O)O)ccc34)cc2)no1. The van der Waals surface area contributed by atoms with E-state index in [0.29, 0.717) is 33.7 Å². The number of nitrogens with one attached hydrogen (secondary N) is 2. The van der Waals surface area contributed by atoms with Gasteiger partial charge < -0.3 is 50.3 Å². The molecule has 47 heavy (non-hydrogen) atoms.